The molecule has 5 nitrogen and oxygen atoms in total. The van der Waals surface area contributed by atoms with Crippen LogP contribution < -0.4 is 15.4 Å². The predicted octanol–water partition coefficient (Wildman–Crippen LogP) is 2.84. The molecule has 0 unspecified atom stereocenters. The first-order chi connectivity index (χ1) is 11.7. The molecule has 0 spiro atoms. The van der Waals surface area contributed by atoms with Gasteiger partial charge in [0.05, 0.1) is 13.7 Å². The molecular weight excluding hydrogens is 304 g/mol. The van der Waals surface area contributed by atoms with Crippen molar-refractivity contribution >= 4 is 6.03 Å². The van der Waals surface area contributed by atoms with Crippen molar-refractivity contribution in [2.45, 2.75) is 44.6 Å². The lowest BCUT2D eigenvalue weighted by molar-refractivity contribution is 0.178. The summed E-state index contributed by atoms with van der Waals surface area (Å²) in [5.41, 5.74) is 2.70. The van der Waals surface area contributed by atoms with Gasteiger partial charge >= 0.3 is 6.03 Å². The molecule has 24 heavy (non-hydrogen) atoms. The number of ether oxygens (including phenoxy) is 2. The lowest BCUT2D eigenvalue weighted by Gasteiger charge is -2.27. The normalized spacial score (nSPS) is 24.1. The zero-order valence-electron chi connectivity index (χ0n) is 14.6. The highest BCUT2D eigenvalue weighted by Crippen LogP contribution is 2.33. The lowest BCUT2D eigenvalue weighted by atomic mass is 9.82. The third kappa shape index (κ3) is 4.01. The fourth-order valence-electron chi connectivity index (χ4n) is 3.77. The maximum Gasteiger partial charge on any atom is 0.315 e. The van der Waals surface area contributed by atoms with E-state index in [1.165, 1.54) is 11.1 Å². The Hall–Kier alpha value is -1.75. The van der Waals surface area contributed by atoms with Crippen LogP contribution in [0.15, 0.2) is 18.2 Å². The van der Waals surface area contributed by atoms with Crippen molar-refractivity contribution in [1.82, 2.24) is 10.6 Å². The number of benzene rings is 1. The Balaban J connectivity index is 1.52. The summed E-state index contributed by atoms with van der Waals surface area (Å²) in [5.74, 6) is 1.72. The SMILES string of the molecule is COc1ccc2c(c1)CCC[C@@H]2CNC(=O)N[C@@H](C)[C@@H]1CCOC1. The maximum absolute atomic E-state index is 12.2. The monoisotopic (exact) mass is 332 g/mol. The van der Waals surface area contributed by atoms with Gasteiger partial charge in [-0.2, -0.15) is 0 Å². The van der Waals surface area contributed by atoms with E-state index in [-0.39, 0.29) is 12.1 Å². The second-order valence-electron chi connectivity index (χ2n) is 6.92. The third-order valence-electron chi connectivity index (χ3n) is 5.33. The average molecular weight is 332 g/mol. The van der Waals surface area contributed by atoms with Crippen LogP contribution in [-0.4, -0.2) is 38.9 Å². The molecule has 0 bridgehead atoms. The zero-order chi connectivity index (χ0) is 16.9. The molecule has 2 amide bonds. The molecule has 3 rings (SSSR count). The minimum absolute atomic E-state index is 0.0740. The van der Waals surface area contributed by atoms with Crippen LogP contribution in [-0.2, 0) is 11.2 Å². The number of amides is 2. The molecule has 2 N–H and O–H groups in total. The summed E-state index contributed by atoms with van der Waals surface area (Å²) in [7, 11) is 1.70. The molecule has 1 aromatic carbocycles. The molecule has 2 aliphatic rings. The summed E-state index contributed by atoms with van der Waals surface area (Å²) in [6.07, 6.45) is 4.39. The molecule has 1 fully saturated rings. The summed E-state index contributed by atoms with van der Waals surface area (Å²) in [5, 5.41) is 6.11. The van der Waals surface area contributed by atoms with Crippen molar-refractivity contribution in [3.63, 3.8) is 0 Å². The molecular formula is C19H28N2O3. The van der Waals surface area contributed by atoms with Gasteiger partial charge in [-0.05, 0) is 55.9 Å². The van der Waals surface area contributed by atoms with Crippen molar-refractivity contribution in [1.29, 1.82) is 0 Å². The minimum atomic E-state index is -0.0740. The number of carbonyl (C=O) groups excluding carboxylic acids is 1. The summed E-state index contributed by atoms with van der Waals surface area (Å²) in [6, 6.07) is 6.37. The number of aryl methyl sites for hydroxylation is 1. The summed E-state index contributed by atoms with van der Waals surface area (Å²) >= 11 is 0. The van der Waals surface area contributed by atoms with Crippen LogP contribution in [0.1, 0.15) is 43.2 Å². The molecule has 0 aromatic heterocycles. The quantitative estimate of drug-likeness (QED) is 0.872. The van der Waals surface area contributed by atoms with E-state index in [0.29, 0.717) is 18.4 Å². The zero-order valence-corrected chi connectivity index (χ0v) is 14.6. The highest BCUT2D eigenvalue weighted by Gasteiger charge is 2.25. The van der Waals surface area contributed by atoms with E-state index in [2.05, 4.69) is 29.7 Å². The van der Waals surface area contributed by atoms with Gasteiger partial charge in [0, 0.05) is 31.0 Å². The number of urea groups is 1. The second-order valence-corrected chi connectivity index (χ2v) is 6.92. The molecule has 1 saturated heterocycles. The first kappa shape index (κ1) is 17.1. The minimum Gasteiger partial charge on any atom is -0.497 e. The van der Waals surface area contributed by atoms with E-state index < -0.39 is 0 Å². The molecule has 1 aliphatic heterocycles. The van der Waals surface area contributed by atoms with E-state index in [0.717, 1.165) is 44.6 Å². The van der Waals surface area contributed by atoms with Crippen molar-refractivity contribution in [3.05, 3.63) is 29.3 Å². The van der Waals surface area contributed by atoms with Gasteiger partial charge in [0.1, 0.15) is 5.75 Å². The Morgan fingerprint density at radius 2 is 2.29 bits per heavy atom. The Bertz CT molecular complexity index is 570. The van der Waals surface area contributed by atoms with Crippen LogP contribution in [0.3, 0.4) is 0 Å². The van der Waals surface area contributed by atoms with E-state index in [9.17, 15) is 4.79 Å². The fraction of sp³-hybridized carbons (Fsp3) is 0.632. The van der Waals surface area contributed by atoms with Crippen LogP contribution in [0.2, 0.25) is 0 Å². The van der Waals surface area contributed by atoms with Crippen LogP contribution in [0.4, 0.5) is 4.79 Å². The Morgan fingerprint density at radius 1 is 1.42 bits per heavy atom. The number of hydrogen-bond donors (Lipinski definition) is 2. The molecule has 1 aliphatic carbocycles. The van der Waals surface area contributed by atoms with Crippen molar-refractivity contribution < 1.29 is 14.3 Å². The van der Waals surface area contributed by atoms with Crippen LogP contribution in [0, 0.1) is 5.92 Å². The van der Waals surface area contributed by atoms with Gasteiger partial charge < -0.3 is 20.1 Å². The lowest BCUT2D eigenvalue weighted by Crippen LogP contribution is -2.45. The van der Waals surface area contributed by atoms with Crippen LogP contribution in [0.5, 0.6) is 5.75 Å². The van der Waals surface area contributed by atoms with Crippen LogP contribution >= 0.6 is 0 Å². The largest absolute Gasteiger partial charge is 0.497 e. The van der Waals surface area contributed by atoms with E-state index in [1.54, 1.807) is 7.11 Å². The van der Waals surface area contributed by atoms with E-state index >= 15 is 0 Å². The van der Waals surface area contributed by atoms with Gasteiger partial charge in [0.2, 0.25) is 0 Å². The third-order valence-corrected chi connectivity index (χ3v) is 5.33. The number of carbonyl (C=O) groups is 1. The average Bonchev–Trinajstić information content (AvgIpc) is 3.14. The highest BCUT2D eigenvalue weighted by molar-refractivity contribution is 5.74. The topological polar surface area (TPSA) is 59.6 Å². The van der Waals surface area contributed by atoms with E-state index in [4.69, 9.17) is 9.47 Å². The number of hydrogen-bond acceptors (Lipinski definition) is 3. The van der Waals surface area contributed by atoms with Gasteiger partial charge in [-0.15, -0.1) is 0 Å². The summed E-state index contributed by atoms with van der Waals surface area (Å²) in [6.45, 7) is 4.29. The molecule has 1 heterocycles. The van der Waals surface area contributed by atoms with Crippen molar-refractivity contribution in [2.75, 3.05) is 26.9 Å². The molecule has 3 atom stereocenters. The molecule has 0 saturated carbocycles. The maximum atomic E-state index is 12.2. The Kier molecular flexibility index (Phi) is 5.61. The van der Waals surface area contributed by atoms with Crippen molar-refractivity contribution in [2.24, 2.45) is 5.92 Å². The highest BCUT2D eigenvalue weighted by atomic mass is 16.5. The number of rotatable bonds is 5. The predicted molar refractivity (Wildman–Crippen MR) is 93.6 cm³/mol. The van der Waals surface area contributed by atoms with Crippen molar-refractivity contribution in [3.8, 4) is 5.75 Å². The Labute approximate surface area is 144 Å². The first-order valence-corrected chi connectivity index (χ1v) is 8.96. The van der Waals surface area contributed by atoms with Gasteiger partial charge in [-0.3, -0.25) is 0 Å². The van der Waals surface area contributed by atoms with E-state index in [1.807, 2.05) is 6.07 Å². The van der Waals surface area contributed by atoms with Gasteiger partial charge in [0.25, 0.3) is 0 Å². The fourth-order valence-corrected chi connectivity index (χ4v) is 3.77. The van der Waals surface area contributed by atoms with Gasteiger partial charge in [-0.1, -0.05) is 6.07 Å². The second kappa shape index (κ2) is 7.88. The summed E-state index contributed by atoms with van der Waals surface area (Å²) < 4.78 is 10.7. The molecule has 132 valence electrons. The number of methoxy groups -OCH3 is 1. The standard InChI is InChI=1S/C19H28N2O3/c1-13(16-8-9-24-12-16)21-19(22)20-11-15-5-3-4-14-10-17(23-2)6-7-18(14)15/h6-7,10,13,15-16H,3-5,8-9,11-12H2,1-2H3,(H2,20,21,22)/t13-,15+,16+/m0/s1. The molecule has 5 heteroatoms. The summed E-state index contributed by atoms with van der Waals surface area (Å²) in [4.78, 5) is 12.2. The first-order valence-electron chi connectivity index (χ1n) is 8.96. The van der Waals surface area contributed by atoms with Crippen LogP contribution in [0.25, 0.3) is 0 Å². The smallest absolute Gasteiger partial charge is 0.315 e. The number of nitrogens with one attached hydrogen (secondary N) is 2. The molecule has 1 aromatic rings. The number of fused-ring (bicyclic) bond motifs is 1. The van der Waals surface area contributed by atoms with Gasteiger partial charge in [0.15, 0.2) is 0 Å². The molecule has 0 radical (unpaired) electrons. The van der Waals surface area contributed by atoms with Gasteiger partial charge in [-0.25, -0.2) is 4.79 Å². The Morgan fingerprint density at radius 3 is 3.04 bits per heavy atom.